The first kappa shape index (κ1) is 19.4. The van der Waals surface area contributed by atoms with E-state index >= 15 is 0 Å². The molecule has 1 fully saturated rings. The second-order valence-electron chi connectivity index (χ2n) is 7.53. The maximum atomic E-state index is 6.21. The van der Waals surface area contributed by atoms with Crippen LogP contribution in [0.15, 0.2) is 12.1 Å². The zero-order valence-electron chi connectivity index (χ0n) is 14.8. The average Bonchev–Trinajstić information content (AvgIpc) is 3.13. The number of fused-ring (bicyclic) bond motifs is 1. The van der Waals surface area contributed by atoms with E-state index in [1.54, 1.807) is 0 Å². The first-order chi connectivity index (χ1) is 11.8. The van der Waals surface area contributed by atoms with Crippen LogP contribution in [0.25, 0.3) is 11.0 Å². The number of hydrogen-bond acceptors (Lipinski definition) is 4. The number of hydrogen-bond donors (Lipinski definition) is 0. The van der Waals surface area contributed by atoms with E-state index in [0.717, 1.165) is 47.5 Å². The van der Waals surface area contributed by atoms with Gasteiger partial charge in [-0.2, -0.15) is 11.8 Å². The summed E-state index contributed by atoms with van der Waals surface area (Å²) in [5.41, 5.74) is 1.67. The number of halogens is 2. The third kappa shape index (κ3) is 5.07. The number of ether oxygens (including phenoxy) is 2. The highest BCUT2D eigenvalue weighted by Gasteiger charge is 2.21. The summed E-state index contributed by atoms with van der Waals surface area (Å²) >= 11 is 14.2. The molecule has 2 aromatic rings. The normalized spacial score (nSPS) is 18.2. The standard InChI is InChI=1S/C17H24Cl2N2O2SSi/c1-25(2,3)7-5-22-11-21-15-8-13(18)17(19)20-14(15)9-16(21)23-12-4-6-24-10-12/h8-9,12H,4-7,10-11H2,1-3H3. The molecule has 0 N–H and O–H groups in total. The molecular weight excluding hydrogens is 395 g/mol. The molecule has 4 nitrogen and oxygen atoms in total. The van der Waals surface area contributed by atoms with Crippen molar-refractivity contribution < 1.29 is 9.47 Å². The highest BCUT2D eigenvalue weighted by molar-refractivity contribution is 7.99. The number of aromatic nitrogens is 2. The second kappa shape index (κ2) is 8.09. The summed E-state index contributed by atoms with van der Waals surface area (Å²) in [7, 11) is -1.11. The van der Waals surface area contributed by atoms with Crippen molar-refractivity contribution in [3.63, 3.8) is 0 Å². The number of rotatable bonds is 7. The van der Waals surface area contributed by atoms with E-state index < -0.39 is 8.07 Å². The van der Waals surface area contributed by atoms with E-state index in [2.05, 4.69) is 24.6 Å². The Morgan fingerprint density at radius 1 is 1.32 bits per heavy atom. The second-order valence-corrected chi connectivity index (χ2v) is 15.1. The highest BCUT2D eigenvalue weighted by Crippen LogP contribution is 2.32. The Labute approximate surface area is 164 Å². The molecule has 1 unspecified atom stereocenters. The van der Waals surface area contributed by atoms with Crippen LogP contribution in [0.3, 0.4) is 0 Å². The van der Waals surface area contributed by atoms with Crippen LogP contribution in [0.2, 0.25) is 35.9 Å². The molecule has 0 aliphatic carbocycles. The van der Waals surface area contributed by atoms with Crippen molar-refractivity contribution in [1.82, 2.24) is 9.55 Å². The first-order valence-electron chi connectivity index (χ1n) is 8.51. The van der Waals surface area contributed by atoms with Crippen molar-refractivity contribution in [2.75, 3.05) is 18.1 Å². The van der Waals surface area contributed by atoms with Gasteiger partial charge in [0.25, 0.3) is 0 Å². The van der Waals surface area contributed by atoms with Gasteiger partial charge >= 0.3 is 0 Å². The van der Waals surface area contributed by atoms with Crippen molar-refractivity contribution in [2.45, 2.75) is 44.9 Å². The molecule has 138 valence electrons. The Balaban J connectivity index is 1.82. The van der Waals surface area contributed by atoms with Gasteiger partial charge in [-0.3, -0.25) is 4.57 Å². The fourth-order valence-corrected chi connectivity index (χ4v) is 4.79. The number of pyridine rings is 1. The van der Waals surface area contributed by atoms with Crippen molar-refractivity contribution in [3.8, 4) is 5.88 Å². The minimum Gasteiger partial charge on any atom is -0.474 e. The van der Waals surface area contributed by atoms with Gasteiger partial charge in [-0.15, -0.1) is 0 Å². The fraction of sp³-hybridized carbons (Fsp3) is 0.588. The fourth-order valence-electron chi connectivity index (χ4n) is 2.65. The van der Waals surface area contributed by atoms with E-state index in [-0.39, 0.29) is 6.10 Å². The molecule has 3 heterocycles. The number of nitrogens with zero attached hydrogens (tertiary/aromatic N) is 2. The minimum absolute atomic E-state index is 0.237. The lowest BCUT2D eigenvalue weighted by atomic mass is 10.3. The molecule has 0 amide bonds. The molecule has 1 saturated heterocycles. The molecule has 2 aromatic heterocycles. The van der Waals surface area contributed by atoms with Crippen LogP contribution >= 0.6 is 35.0 Å². The summed E-state index contributed by atoms with van der Waals surface area (Å²) in [6.45, 7) is 8.23. The molecule has 0 radical (unpaired) electrons. The van der Waals surface area contributed by atoms with Gasteiger partial charge in [0, 0.05) is 26.5 Å². The van der Waals surface area contributed by atoms with Gasteiger partial charge in [0.1, 0.15) is 18.0 Å². The molecule has 25 heavy (non-hydrogen) atoms. The van der Waals surface area contributed by atoms with E-state index in [1.807, 2.05) is 28.5 Å². The van der Waals surface area contributed by atoms with Gasteiger partial charge in [-0.05, 0) is 24.3 Å². The van der Waals surface area contributed by atoms with E-state index in [0.29, 0.717) is 16.9 Å². The zero-order chi connectivity index (χ0) is 18.0. The van der Waals surface area contributed by atoms with Crippen LogP contribution in [0.4, 0.5) is 0 Å². The third-order valence-corrected chi connectivity index (χ3v) is 7.66. The Bertz CT molecular complexity index is 742. The van der Waals surface area contributed by atoms with E-state index in [4.69, 9.17) is 32.7 Å². The van der Waals surface area contributed by atoms with Crippen molar-refractivity contribution in [2.24, 2.45) is 0 Å². The smallest absolute Gasteiger partial charge is 0.198 e. The average molecular weight is 419 g/mol. The van der Waals surface area contributed by atoms with Crippen molar-refractivity contribution >= 4 is 54.1 Å². The maximum absolute atomic E-state index is 6.21. The monoisotopic (exact) mass is 418 g/mol. The Morgan fingerprint density at radius 2 is 2.12 bits per heavy atom. The SMILES string of the molecule is C[Si](C)(C)CCOCn1c(OC2CCSC2)cc2nc(Cl)c(Cl)cc21. The molecule has 3 rings (SSSR count). The molecule has 0 saturated carbocycles. The Kier molecular flexibility index (Phi) is 6.26. The van der Waals surface area contributed by atoms with E-state index in [9.17, 15) is 0 Å². The lowest BCUT2D eigenvalue weighted by molar-refractivity contribution is 0.0791. The largest absolute Gasteiger partial charge is 0.474 e. The number of thioether (sulfide) groups is 1. The molecule has 1 atom stereocenters. The predicted octanol–water partition coefficient (Wildman–Crippen LogP) is 5.54. The Hall–Kier alpha value is -0.403. The van der Waals surface area contributed by atoms with Crippen LogP contribution in [-0.2, 0) is 11.5 Å². The molecule has 0 bridgehead atoms. The molecule has 8 heteroatoms. The summed E-state index contributed by atoms with van der Waals surface area (Å²) in [5.74, 6) is 2.95. The topological polar surface area (TPSA) is 36.3 Å². The lowest BCUT2D eigenvalue weighted by Crippen LogP contribution is -2.22. The molecular formula is C17H24Cl2N2O2SSi. The van der Waals surface area contributed by atoms with Crippen molar-refractivity contribution in [3.05, 3.63) is 22.3 Å². The molecule has 1 aliphatic heterocycles. The zero-order valence-corrected chi connectivity index (χ0v) is 18.2. The summed E-state index contributed by atoms with van der Waals surface area (Å²) in [6, 6.07) is 4.90. The highest BCUT2D eigenvalue weighted by atomic mass is 35.5. The molecule has 0 aromatic carbocycles. The molecule has 1 aliphatic rings. The lowest BCUT2D eigenvalue weighted by Gasteiger charge is -2.18. The Morgan fingerprint density at radius 3 is 2.80 bits per heavy atom. The maximum Gasteiger partial charge on any atom is 0.198 e. The van der Waals surface area contributed by atoms with Crippen LogP contribution < -0.4 is 4.74 Å². The van der Waals surface area contributed by atoms with Crippen LogP contribution in [0, 0.1) is 0 Å². The van der Waals surface area contributed by atoms with E-state index in [1.165, 1.54) is 0 Å². The minimum atomic E-state index is -1.11. The molecule has 0 spiro atoms. The van der Waals surface area contributed by atoms with Gasteiger partial charge in [0.05, 0.1) is 16.1 Å². The third-order valence-electron chi connectivity index (χ3n) is 4.15. The summed E-state index contributed by atoms with van der Waals surface area (Å²) in [5, 5.41) is 0.757. The van der Waals surface area contributed by atoms with Gasteiger partial charge in [-0.1, -0.05) is 42.8 Å². The first-order valence-corrected chi connectivity index (χ1v) is 14.1. The summed E-state index contributed by atoms with van der Waals surface area (Å²) in [4.78, 5) is 4.38. The van der Waals surface area contributed by atoms with Gasteiger partial charge in [-0.25, -0.2) is 4.98 Å². The van der Waals surface area contributed by atoms with Crippen LogP contribution in [0.1, 0.15) is 6.42 Å². The van der Waals surface area contributed by atoms with Gasteiger partial charge in [0.2, 0.25) is 0 Å². The summed E-state index contributed by atoms with van der Waals surface area (Å²) in [6.07, 6.45) is 1.30. The van der Waals surface area contributed by atoms with Crippen molar-refractivity contribution in [1.29, 1.82) is 0 Å². The van der Waals surface area contributed by atoms with Crippen LogP contribution in [-0.4, -0.2) is 41.8 Å². The van der Waals surface area contributed by atoms with Gasteiger partial charge < -0.3 is 9.47 Å². The summed E-state index contributed by atoms with van der Waals surface area (Å²) < 4.78 is 14.2. The quantitative estimate of drug-likeness (QED) is 0.335. The van der Waals surface area contributed by atoms with Crippen LogP contribution in [0.5, 0.6) is 5.88 Å². The predicted molar refractivity (Wildman–Crippen MR) is 110 cm³/mol. The van der Waals surface area contributed by atoms with Gasteiger partial charge in [0.15, 0.2) is 5.88 Å².